The maximum absolute atomic E-state index is 9.56. The zero-order chi connectivity index (χ0) is 10.7. The summed E-state index contributed by atoms with van der Waals surface area (Å²) >= 11 is 0. The Balaban J connectivity index is 2.07. The lowest BCUT2D eigenvalue weighted by Crippen LogP contribution is -2.23. The minimum absolute atomic E-state index is 0.0830. The number of aryl methyl sites for hydroxylation is 1. The number of rotatable bonds is 2. The van der Waals surface area contributed by atoms with E-state index in [-0.39, 0.29) is 12.2 Å². The molecule has 2 atom stereocenters. The van der Waals surface area contributed by atoms with Gasteiger partial charge < -0.3 is 9.84 Å². The van der Waals surface area contributed by atoms with Crippen LogP contribution in [0.15, 0.2) is 24.3 Å². The van der Waals surface area contributed by atoms with Crippen LogP contribution in [0.4, 0.5) is 0 Å². The Morgan fingerprint density at radius 2 is 2.07 bits per heavy atom. The van der Waals surface area contributed by atoms with E-state index in [9.17, 15) is 5.11 Å². The Bertz CT molecular complexity index is 305. The van der Waals surface area contributed by atoms with Crippen molar-refractivity contribution in [2.75, 3.05) is 6.61 Å². The van der Waals surface area contributed by atoms with Crippen molar-refractivity contribution in [2.24, 2.45) is 0 Å². The Labute approximate surface area is 90.9 Å². The molecular weight excluding hydrogens is 188 g/mol. The van der Waals surface area contributed by atoms with Gasteiger partial charge in [0.05, 0.1) is 12.2 Å². The van der Waals surface area contributed by atoms with E-state index in [1.54, 1.807) is 0 Å². The van der Waals surface area contributed by atoms with Gasteiger partial charge in [0.2, 0.25) is 0 Å². The van der Waals surface area contributed by atoms with Crippen LogP contribution in [-0.4, -0.2) is 17.8 Å². The third kappa shape index (κ3) is 2.58. The summed E-state index contributed by atoms with van der Waals surface area (Å²) < 4.78 is 5.65. The monoisotopic (exact) mass is 206 g/mol. The maximum atomic E-state index is 9.56. The highest BCUT2D eigenvalue weighted by Gasteiger charge is 2.21. The largest absolute Gasteiger partial charge is 0.393 e. The zero-order valence-electron chi connectivity index (χ0n) is 9.15. The second kappa shape index (κ2) is 4.77. The number of aliphatic hydroxyl groups excluding tert-OH is 1. The highest BCUT2D eigenvalue weighted by atomic mass is 16.5. The molecule has 0 aliphatic carbocycles. The van der Waals surface area contributed by atoms with E-state index in [1.807, 2.05) is 0 Å². The van der Waals surface area contributed by atoms with Gasteiger partial charge >= 0.3 is 0 Å². The zero-order valence-corrected chi connectivity index (χ0v) is 9.15. The van der Waals surface area contributed by atoms with E-state index in [1.165, 1.54) is 11.1 Å². The third-order valence-electron chi connectivity index (χ3n) is 3.02. The van der Waals surface area contributed by atoms with E-state index in [2.05, 4.69) is 31.2 Å². The fourth-order valence-corrected chi connectivity index (χ4v) is 1.98. The number of hydrogen-bond donors (Lipinski definition) is 1. The lowest BCUT2D eigenvalue weighted by atomic mass is 9.98. The van der Waals surface area contributed by atoms with Crippen LogP contribution < -0.4 is 0 Å². The van der Waals surface area contributed by atoms with Crippen molar-refractivity contribution in [3.05, 3.63) is 35.4 Å². The van der Waals surface area contributed by atoms with Crippen LogP contribution in [0, 0.1) is 0 Å². The predicted octanol–water partition coefficient (Wildman–Crippen LogP) is 2.46. The quantitative estimate of drug-likeness (QED) is 0.805. The van der Waals surface area contributed by atoms with Gasteiger partial charge in [0.15, 0.2) is 0 Å². The highest BCUT2D eigenvalue weighted by molar-refractivity contribution is 5.24. The number of ether oxygens (including phenoxy) is 1. The first kappa shape index (κ1) is 10.7. The Kier molecular flexibility index (Phi) is 3.39. The second-order valence-corrected chi connectivity index (χ2v) is 4.13. The van der Waals surface area contributed by atoms with Crippen molar-refractivity contribution in [2.45, 2.75) is 38.4 Å². The van der Waals surface area contributed by atoms with Gasteiger partial charge in [-0.1, -0.05) is 31.2 Å². The van der Waals surface area contributed by atoms with E-state index in [4.69, 9.17) is 4.74 Å². The first-order valence-corrected chi connectivity index (χ1v) is 5.68. The van der Waals surface area contributed by atoms with E-state index in [0.717, 1.165) is 19.3 Å². The maximum Gasteiger partial charge on any atom is 0.0849 e. The van der Waals surface area contributed by atoms with Crippen LogP contribution in [0.25, 0.3) is 0 Å². The SMILES string of the molecule is CCc1ccc([C@@H]2C[C@H](O)CCO2)cc1. The van der Waals surface area contributed by atoms with Crippen LogP contribution in [0.3, 0.4) is 0 Å². The highest BCUT2D eigenvalue weighted by Crippen LogP contribution is 2.28. The fraction of sp³-hybridized carbons (Fsp3) is 0.538. The predicted molar refractivity (Wildman–Crippen MR) is 59.8 cm³/mol. The summed E-state index contributed by atoms with van der Waals surface area (Å²) in [6.45, 7) is 2.82. The summed E-state index contributed by atoms with van der Waals surface area (Å²) in [5.74, 6) is 0. The third-order valence-corrected chi connectivity index (χ3v) is 3.02. The molecule has 1 aliphatic rings. The molecule has 0 spiro atoms. The lowest BCUT2D eigenvalue weighted by molar-refractivity contribution is -0.0447. The van der Waals surface area contributed by atoms with Crippen molar-refractivity contribution in [1.82, 2.24) is 0 Å². The van der Waals surface area contributed by atoms with Gasteiger partial charge in [-0.3, -0.25) is 0 Å². The molecule has 1 N–H and O–H groups in total. The number of aliphatic hydroxyl groups is 1. The van der Waals surface area contributed by atoms with Gasteiger partial charge in [0, 0.05) is 13.0 Å². The first-order chi connectivity index (χ1) is 7.29. The molecule has 1 aromatic rings. The van der Waals surface area contributed by atoms with Crippen LogP contribution in [0.5, 0.6) is 0 Å². The van der Waals surface area contributed by atoms with Crippen LogP contribution in [0.1, 0.15) is 37.0 Å². The van der Waals surface area contributed by atoms with Crippen molar-refractivity contribution in [1.29, 1.82) is 0 Å². The Morgan fingerprint density at radius 3 is 2.67 bits per heavy atom. The molecule has 2 nitrogen and oxygen atoms in total. The molecule has 1 fully saturated rings. The minimum atomic E-state index is -0.199. The van der Waals surface area contributed by atoms with Crippen molar-refractivity contribution >= 4 is 0 Å². The van der Waals surface area contributed by atoms with Crippen molar-refractivity contribution in [3.8, 4) is 0 Å². The van der Waals surface area contributed by atoms with Crippen LogP contribution in [0.2, 0.25) is 0 Å². The summed E-state index contributed by atoms with van der Waals surface area (Å²) in [5, 5.41) is 9.56. The van der Waals surface area contributed by atoms with Crippen LogP contribution in [-0.2, 0) is 11.2 Å². The second-order valence-electron chi connectivity index (χ2n) is 4.13. The molecule has 82 valence electrons. The molecule has 2 heteroatoms. The van der Waals surface area contributed by atoms with E-state index < -0.39 is 0 Å². The van der Waals surface area contributed by atoms with E-state index in [0.29, 0.717) is 6.61 Å². The summed E-state index contributed by atoms with van der Waals surface area (Å²) in [6.07, 6.45) is 2.44. The van der Waals surface area contributed by atoms with Gasteiger partial charge in [0.1, 0.15) is 0 Å². The number of hydrogen-bond acceptors (Lipinski definition) is 2. The van der Waals surface area contributed by atoms with Crippen LogP contribution >= 0.6 is 0 Å². The summed E-state index contributed by atoms with van der Waals surface area (Å²) in [4.78, 5) is 0. The Hall–Kier alpha value is -0.860. The lowest BCUT2D eigenvalue weighted by Gasteiger charge is -2.26. The van der Waals surface area contributed by atoms with Gasteiger partial charge in [-0.05, 0) is 24.0 Å². The average molecular weight is 206 g/mol. The average Bonchev–Trinajstić information content (AvgIpc) is 2.29. The molecule has 1 aromatic carbocycles. The minimum Gasteiger partial charge on any atom is -0.393 e. The topological polar surface area (TPSA) is 29.5 Å². The molecule has 0 bridgehead atoms. The molecule has 0 radical (unpaired) electrons. The van der Waals surface area contributed by atoms with Gasteiger partial charge in [-0.2, -0.15) is 0 Å². The standard InChI is InChI=1S/C13H18O2/c1-2-10-3-5-11(6-4-10)13-9-12(14)7-8-15-13/h3-6,12-14H,2,7-9H2,1H3/t12-,13+/m1/s1. The Morgan fingerprint density at radius 1 is 1.33 bits per heavy atom. The molecule has 1 aliphatic heterocycles. The molecule has 0 aromatic heterocycles. The van der Waals surface area contributed by atoms with Gasteiger partial charge in [-0.25, -0.2) is 0 Å². The normalized spacial score (nSPS) is 26.5. The fourth-order valence-electron chi connectivity index (χ4n) is 1.98. The molecule has 1 saturated heterocycles. The molecule has 15 heavy (non-hydrogen) atoms. The summed E-state index contributed by atoms with van der Waals surface area (Å²) in [7, 11) is 0. The summed E-state index contributed by atoms with van der Waals surface area (Å²) in [6, 6.07) is 8.50. The van der Waals surface area contributed by atoms with Crippen molar-refractivity contribution < 1.29 is 9.84 Å². The smallest absolute Gasteiger partial charge is 0.0849 e. The molecule has 1 heterocycles. The molecule has 0 unspecified atom stereocenters. The molecular formula is C13H18O2. The number of benzene rings is 1. The molecule has 0 amide bonds. The van der Waals surface area contributed by atoms with E-state index >= 15 is 0 Å². The molecule has 0 saturated carbocycles. The van der Waals surface area contributed by atoms with Gasteiger partial charge in [-0.15, -0.1) is 0 Å². The van der Waals surface area contributed by atoms with Crippen molar-refractivity contribution in [3.63, 3.8) is 0 Å². The first-order valence-electron chi connectivity index (χ1n) is 5.68. The molecule has 2 rings (SSSR count). The van der Waals surface area contributed by atoms with Gasteiger partial charge in [0.25, 0.3) is 0 Å². The summed E-state index contributed by atoms with van der Waals surface area (Å²) in [5.41, 5.74) is 2.53.